The maximum Gasteiger partial charge on any atom is 0.275 e. The Morgan fingerprint density at radius 3 is 3.00 bits per heavy atom. The van der Waals surface area contributed by atoms with Gasteiger partial charge >= 0.3 is 0 Å². The van der Waals surface area contributed by atoms with Crippen molar-refractivity contribution < 1.29 is 0 Å². The number of hydrogen-bond donors (Lipinski definition) is 0. The van der Waals surface area contributed by atoms with E-state index in [0.717, 1.165) is 22.9 Å². The van der Waals surface area contributed by atoms with Crippen molar-refractivity contribution in [1.82, 2.24) is 9.78 Å². The minimum Gasteiger partial charge on any atom is -0.267 e. The first kappa shape index (κ1) is 9.09. The molecule has 1 aliphatic carbocycles. The average molecular weight is 220 g/mol. The highest BCUT2D eigenvalue weighted by Gasteiger charge is 2.19. The molecule has 1 fully saturated rings. The third-order valence-electron chi connectivity index (χ3n) is 3.10. The van der Waals surface area contributed by atoms with Crippen LogP contribution in [0, 0.1) is 0 Å². The molecule has 3 nitrogen and oxygen atoms in total. The van der Waals surface area contributed by atoms with Gasteiger partial charge in [0.05, 0.1) is 22.3 Å². The van der Waals surface area contributed by atoms with Crippen LogP contribution in [0.1, 0.15) is 31.7 Å². The highest BCUT2D eigenvalue weighted by Crippen LogP contribution is 2.28. The van der Waals surface area contributed by atoms with Crippen molar-refractivity contribution in [1.29, 1.82) is 0 Å². The van der Waals surface area contributed by atoms with Gasteiger partial charge in [0.2, 0.25) is 0 Å². The van der Waals surface area contributed by atoms with Gasteiger partial charge in [-0.3, -0.25) is 4.79 Å². The van der Waals surface area contributed by atoms with Crippen LogP contribution in [0.4, 0.5) is 0 Å². The molecule has 4 heteroatoms. The predicted molar refractivity (Wildman–Crippen MR) is 61.4 cm³/mol. The maximum absolute atomic E-state index is 12.1. The highest BCUT2D eigenvalue weighted by molar-refractivity contribution is 7.17. The molecule has 0 unspecified atom stereocenters. The monoisotopic (exact) mass is 220 g/mol. The van der Waals surface area contributed by atoms with Crippen molar-refractivity contribution in [3.8, 4) is 0 Å². The minimum absolute atomic E-state index is 0.0839. The summed E-state index contributed by atoms with van der Waals surface area (Å²) in [7, 11) is 0. The second-order valence-corrected chi connectivity index (χ2v) is 4.98. The summed E-state index contributed by atoms with van der Waals surface area (Å²) in [6.45, 7) is 0. The zero-order chi connectivity index (χ0) is 10.3. The van der Waals surface area contributed by atoms with Crippen LogP contribution in [0.15, 0.2) is 22.4 Å². The van der Waals surface area contributed by atoms with Crippen LogP contribution in [0.3, 0.4) is 0 Å². The summed E-state index contributed by atoms with van der Waals surface area (Å²) in [5.41, 5.74) is 0.0839. The van der Waals surface area contributed by atoms with Crippen LogP contribution in [-0.2, 0) is 0 Å². The average Bonchev–Trinajstić information content (AvgIpc) is 2.87. The van der Waals surface area contributed by atoms with Gasteiger partial charge in [-0.1, -0.05) is 12.8 Å². The zero-order valence-corrected chi connectivity index (χ0v) is 9.17. The molecular formula is C11H12N2OS. The molecule has 2 aromatic heterocycles. The van der Waals surface area contributed by atoms with Gasteiger partial charge in [-0.2, -0.15) is 5.10 Å². The number of hydrogen-bond acceptors (Lipinski definition) is 3. The van der Waals surface area contributed by atoms with Crippen LogP contribution in [0.5, 0.6) is 0 Å². The van der Waals surface area contributed by atoms with E-state index >= 15 is 0 Å². The van der Waals surface area contributed by atoms with E-state index in [1.165, 1.54) is 12.8 Å². The molecule has 0 aromatic carbocycles. The molecule has 1 aliphatic rings. The van der Waals surface area contributed by atoms with E-state index in [1.807, 2.05) is 17.6 Å². The molecule has 2 heterocycles. The fourth-order valence-electron chi connectivity index (χ4n) is 2.30. The summed E-state index contributed by atoms with van der Waals surface area (Å²) in [5, 5.41) is 7.05. The lowest BCUT2D eigenvalue weighted by molar-refractivity contribution is 0.447. The number of rotatable bonds is 1. The third kappa shape index (κ3) is 1.40. The van der Waals surface area contributed by atoms with Crippen molar-refractivity contribution in [2.24, 2.45) is 0 Å². The molecule has 0 bridgehead atoms. The van der Waals surface area contributed by atoms with Gasteiger partial charge in [-0.05, 0) is 24.3 Å². The zero-order valence-electron chi connectivity index (χ0n) is 8.35. The molecule has 0 amide bonds. The van der Waals surface area contributed by atoms with E-state index in [0.29, 0.717) is 6.04 Å². The Morgan fingerprint density at radius 1 is 1.40 bits per heavy atom. The fraction of sp³-hybridized carbons (Fsp3) is 0.455. The normalized spacial score (nSPS) is 17.6. The number of fused-ring (bicyclic) bond motifs is 1. The topological polar surface area (TPSA) is 34.9 Å². The largest absolute Gasteiger partial charge is 0.275 e. The molecule has 2 aromatic rings. The first-order valence-electron chi connectivity index (χ1n) is 5.31. The van der Waals surface area contributed by atoms with Crippen molar-refractivity contribution in [3.05, 3.63) is 28.0 Å². The molecule has 0 N–H and O–H groups in total. The Labute approximate surface area is 91.4 Å². The summed E-state index contributed by atoms with van der Waals surface area (Å²) >= 11 is 1.58. The molecule has 1 saturated carbocycles. The Balaban J connectivity index is 2.18. The van der Waals surface area contributed by atoms with Crippen molar-refractivity contribution in [2.75, 3.05) is 0 Å². The molecule has 0 atom stereocenters. The van der Waals surface area contributed by atoms with Crippen molar-refractivity contribution in [2.45, 2.75) is 31.7 Å². The standard InChI is InChI=1S/C11H12N2OS/c14-11-9-5-6-15-10(9)7-12-13(11)8-3-1-2-4-8/h5-8H,1-4H2. The van der Waals surface area contributed by atoms with E-state index in [-0.39, 0.29) is 5.56 Å². The SMILES string of the molecule is O=c1c2ccsc2cnn1C1CCCC1. The molecule has 15 heavy (non-hydrogen) atoms. The molecular weight excluding hydrogens is 208 g/mol. The molecule has 3 rings (SSSR count). The molecule has 0 spiro atoms. The van der Waals surface area contributed by atoms with E-state index in [9.17, 15) is 4.79 Å². The number of thiophene rings is 1. The first-order chi connectivity index (χ1) is 7.36. The summed E-state index contributed by atoms with van der Waals surface area (Å²) in [6.07, 6.45) is 6.46. The number of nitrogens with zero attached hydrogens (tertiary/aromatic N) is 2. The van der Waals surface area contributed by atoms with Gasteiger partial charge in [0.1, 0.15) is 0 Å². The van der Waals surface area contributed by atoms with Crippen LogP contribution < -0.4 is 5.56 Å². The van der Waals surface area contributed by atoms with Crippen LogP contribution in [-0.4, -0.2) is 9.78 Å². The van der Waals surface area contributed by atoms with Crippen LogP contribution in [0.25, 0.3) is 10.1 Å². The Bertz CT molecular complexity index is 537. The van der Waals surface area contributed by atoms with Gasteiger partial charge in [0.25, 0.3) is 5.56 Å². The quantitative estimate of drug-likeness (QED) is 0.740. The highest BCUT2D eigenvalue weighted by atomic mass is 32.1. The molecule has 78 valence electrons. The lowest BCUT2D eigenvalue weighted by Gasteiger charge is -2.10. The first-order valence-corrected chi connectivity index (χ1v) is 6.19. The molecule has 0 radical (unpaired) electrons. The Hall–Kier alpha value is -1.16. The summed E-state index contributed by atoms with van der Waals surface area (Å²) < 4.78 is 2.68. The summed E-state index contributed by atoms with van der Waals surface area (Å²) in [6, 6.07) is 2.23. The van der Waals surface area contributed by atoms with Gasteiger partial charge in [0, 0.05) is 0 Å². The van der Waals surface area contributed by atoms with E-state index in [4.69, 9.17) is 0 Å². The Morgan fingerprint density at radius 2 is 2.20 bits per heavy atom. The summed E-state index contributed by atoms with van der Waals surface area (Å²) in [5.74, 6) is 0. The van der Waals surface area contributed by atoms with Crippen LogP contribution >= 0.6 is 11.3 Å². The predicted octanol–water partition coefficient (Wildman–Crippen LogP) is 2.57. The summed E-state index contributed by atoms with van der Waals surface area (Å²) in [4.78, 5) is 12.1. The van der Waals surface area contributed by atoms with Gasteiger partial charge in [0.15, 0.2) is 0 Å². The third-order valence-corrected chi connectivity index (χ3v) is 3.96. The van der Waals surface area contributed by atoms with Crippen LogP contribution in [0.2, 0.25) is 0 Å². The van der Waals surface area contributed by atoms with Gasteiger partial charge in [-0.15, -0.1) is 11.3 Å². The smallest absolute Gasteiger partial charge is 0.267 e. The molecule has 0 aliphatic heterocycles. The second kappa shape index (κ2) is 3.45. The minimum atomic E-state index is 0.0839. The fourth-order valence-corrected chi connectivity index (χ4v) is 3.04. The van der Waals surface area contributed by atoms with E-state index in [2.05, 4.69) is 5.10 Å². The van der Waals surface area contributed by atoms with E-state index < -0.39 is 0 Å². The molecule has 0 saturated heterocycles. The number of aromatic nitrogens is 2. The second-order valence-electron chi connectivity index (χ2n) is 4.03. The van der Waals surface area contributed by atoms with Gasteiger partial charge < -0.3 is 0 Å². The van der Waals surface area contributed by atoms with Crippen molar-refractivity contribution >= 4 is 21.4 Å². The maximum atomic E-state index is 12.1. The van der Waals surface area contributed by atoms with E-state index in [1.54, 1.807) is 16.0 Å². The lowest BCUT2D eigenvalue weighted by atomic mass is 10.2. The van der Waals surface area contributed by atoms with Gasteiger partial charge in [-0.25, -0.2) is 4.68 Å². The Kier molecular flexibility index (Phi) is 2.09. The lowest BCUT2D eigenvalue weighted by Crippen LogP contribution is -2.25. The van der Waals surface area contributed by atoms with Crippen molar-refractivity contribution in [3.63, 3.8) is 0 Å².